The third-order valence-corrected chi connectivity index (χ3v) is 2.83. The summed E-state index contributed by atoms with van der Waals surface area (Å²) in [6.45, 7) is 1.83. The minimum absolute atomic E-state index is 0.0161. The van der Waals surface area contributed by atoms with Gasteiger partial charge in [-0.15, -0.1) is 0 Å². The fourth-order valence-corrected chi connectivity index (χ4v) is 1.91. The lowest BCUT2D eigenvalue weighted by Gasteiger charge is -2.31. The standard InChI is InChI=1S/C12H17N3O2/c13-5-3-11-4-7-15(12(16)17-11)9-10-2-1-6-14-8-10/h1-2,6,8,11H,3-5,7,9,13H2. The Morgan fingerprint density at radius 2 is 2.47 bits per heavy atom. The Labute approximate surface area is 101 Å². The van der Waals surface area contributed by atoms with E-state index in [4.69, 9.17) is 10.5 Å². The third kappa shape index (κ3) is 3.17. The number of aromatic nitrogens is 1. The summed E-state index contributed by atoms with van der Waals surface area (Å²) in [6, 6.07) is 3.81. The van der Waals surface area contributed by atoms with Crippen molar-refractivity contribution in [2.24, 2.45) is 5.73 Å². The highest BCUT2D eigenvalue weighted by Crippen LogP contribution is 2.16. The molecule has 0 aromatic carbocycles. The molecule has 2 N–H and O–H groups in total. The lowest BCUT2D eigenvalue weighted by Crippen LogP contribution is -2.42. The fourth-order valence-electron chi connectivity index (χ4n) is 1.91. The van der Waals surface area contributed by atoms with E-state index in [-0.39, 0.29) is 12.2 Å². The number of amides is 1. The number of ether oxygens (including phenoxy) is 1. The average molecular weight is 235 g/mol. The molecule has 1 fully saturated rings. The van der Waals surface area contributed by atoms with Gasteiger partial charge < -0.3 is 15.4 Å². The van der Waals surface area contributed by atoms with Gasteiger partial charge in [0.15, 0.2) is 0 Å². The monoisotopic (exact) mass is 235 g/mol. The molecule has 1 saturated heterocycles. The molecule has 1 aromatic heterocycles. The Kier molecular flexibility index (Phi) is 3.93. The summed E-state index contributed by atoms with van der Waals surface area (Å²) in [5, 5.41) is 0. The lowest BCUT2D eigenvalue weighted by atomic mass is 10.1. The maximum Gasteiger partial charge on any atom is 0.410 e. The molecule has 0 spiro atoms. The molecule has 1 aliphatic rings. The second-order valence-electron chi connectivity index (χ2n) is 4.15. The van der Waals surface area contributed by atoms with Crippen LogP contribution in [0.3, 0.4) is 0 Å². The van der Waals surface area contributed by atoms with Crippen molar-refractivity contribution in [2.75, 3.05) is 13.1 Å². The normalized spacial score (nSPS) is 20.2. The highest BCUT2D eigenvalue weighted by molar-refractivity contribution is 5.68. The smallest absolute Gasteiger partial charge is 0.410 e. The first kappa shape index (κ1) is 11.9. The highest BCUT2D eigenvalue weighted by atomic mass is 16.6. The number of nitrogens with two attached hydrogens (primary N) is 1. The van der Waals surface area contributed by atoms with Gasteiger partial charge in [-0.1, -0.05) is 6.07 Å². The van der Waals surface area contributed by atoms with E-state index in [1.165, 1.54) is 0 Å². The molecule has 0 saturated carbocycles. The number of pyridine rings is 1. The Morgan fingerprint density at radius 1 is 1.59 bits per heavy atom. The number of cyclic esters (lactones) is 1. The van der Waals surface area contributed by atoms with Crippen molar-refractivity contribution >= 4 is 6.09 Å². The van der Waals surface area contributed by atoms with Crippen molar-refractivity contribution in [1.29, 1.82) is 0 Å². The molecule has 1 aliphatic heterocycles. The van der Waals surface area contributed by atoms with Crippen molar-refractivity contribution in [1.82, 2.24) is 9.88 Å². The van der Waals surface area contributed by atoms with E-state index in [0.717, 1.165) is 24.9 Å². The molecule has 5 heteroatoms. The number of hydrogen-bond donors (Lipinski definition) is 1. The molecule has 0 aliphatic carbocycles. The van der Waals surface area contributed by atoms with Crippen molar-refractivity contribution in [3.8, 4) is 0 Å². The number of hydrogen-bond acceptors (Lipinski definition) is 4. The molecule has 1 atom stereocenters. The zero-order valence-electron chi connectivity index (χ0n) is 9.71. The van der Waals surface area contributed by atoms with Gasteiger partial charge in [0.2, 0.25) is 0 Å². The van der Waals surface area contributed by atoms with Gasteiger partial charge in [-0.2, -0.15) is 0 Å². The van der Waals surface area contributed by atoms with Gasteiger partial charge in [0.1, 0.15) is 6.10 Å². The van der Waals surface area contributed by atoms with E-state index in [9.17, 15) is 4.79 Å². The lowest BCUT2D eigenvalue weighted by molar-refractivity contribution is 0.0201. The molecule has 1 amide bonds. The Hall–Kier alpha value is -1.62. The summed E-state index contributed by atoms with van der Waals surface area (Å²) in [4.78, 5) is 17.4. The van der Waals surface area contributed by atoms with E-state index < -0.39 is 0 Å². The minimum atomic E-state index is -0.251. The number of rotatable bonds is 4. The SMILES string of the molecule is NCCC1CCN(Cc2cccnc2)C(=O)O1. The van der Waals surface area contributed by atoms with Crippen LogP contribution >= 0.6 is 0 Å². The maximum absolute atomic E-state index is 11.7. The van der Waals surface area contributed by atoms with Crippen LogP contribution < -0.4 is 5.73 Å². The molecule has 2 heterocycles. The van der Waals surface area contributed by atoms with Gasteiger partial charge in [-0.3, -0.25) is 4.98 Å². The van der Waals surface area contributed by atoms with Crippen LogP contribution in [0.5, 0.6) is 0 Å². The molecular weight excluding hydrogens is 218 g/mol. The number of nitrogens with zero attached hydrogens (tertiary/aromatic N) is 2. The van der Waals surface area contributed by atoms with E-state index in [1.54, 1.807) is 17.3 Å². The fraction of sp³-hybridized carbons (Fsp3) is 0.500. The van der Waals surface area contributed by atoms with E-state index >= 15 is 0 Å². The predicted molar refractivity (Wildman–Crippen MR) is 63.2 cm³/mol. The van der Waals surface area contributed by atoms with Crippen LogP contribution in [0.1, 0.15) is 18.4 Å². The number of carbonyl (C=O) groups is 1. The second kappa shape index (κ2) is 5.63. The summed E-state index contributed by atoms with van der Waals surface area (Å²) >= 11 is 0. The van der Waals surface area contributed by atoms with E-state index in [1.807, 2.05) is 12.1 Å². The van der Waals surface area contributed by atoms with Crippen LogP contribution in [0.15, 0.2) is 24.5 Å². The Morgan fingerprint density at radius 3 is 3.12 bits per heavy atom. The van der Waals surface area contributed by atoms with Crippen LogP contribution in [0.2, 0.25) is 0 Å². The quantitative estimate of drug-likeness (QED) is 0.849. The average Bonchev–Trinajstić information content (AvgIpc) is 2.34. The van der Waals surface area contributed by atoms with Crippen molar-refractivity contribution in [2.45, 2.75) is 25.5 Å². The Balaban J connectivity index is 1.90. The second-order valence-corrected chi connectivity index (χ2v) is 4.15. The van der Waals surface area contributed by atoms with Crippen molar-refractivity contribution < 1.29 is 9.53 Å². The Bertz CT molecular complexity index is 369. The predicted octanol–water partition coefficient (Wildman–Crippen LogP) is 1.14. The molecule has 1 unspecified atom stereocenters. The van der Waals surface area contributed by atoms with Gasteiger partial charge in [0.25, 0.3) is 0 Å². The van der Waals surface area contributed by atoms with Crippen LogP contribution in [-0.4, -0.2) is 35.2 Å². The van der Waals surface area contributed by atoms with Crippen LogP contribution in [0.25, 0.3) is 0 Å². The molecule has 17 heavy (non-hydrogen) atoms. The zero-order valence-corrected chi connectivity index (χ0v) is 9.71. The van der Waals surface area contributed by atoms with Gasteiger partial charge >= 0.3 is 6.09 Å². The maximum atomic E-state index is 11.7. The van der Waals surface area contributed by atoms with Gasteiger partial charge in [0.05, 0.1) is 6.54 Å². The van der Waals surface area contributed by atoms with E-state index in [2.05, 4.69) is 4.98 Å². The first-order valence-electron chi connectivity index (χ1n) is 5.84. The first-order valence-corrected chi connectivity index (χ1v) is 5.84. The zero-order chi connectivity index (χ0) is 12.1. The van der Waals surface area contributed by atoms with E-state index in [0.29, 0.717) is 13.1 Å². The summed E-state index contributed by atoms with van der Waals surface area (Å²) < 4.78 is 5.30. The number of carbonyl (C=O) groups excluding carboxylic acids is 1. The summed E-state index contributed by atoms with van der Waals surface area (Å²) in [5.74, 6) is 0. The van der Waals surface area contributed by atoms with Gasteiger partial charge in [-0.05, 0) is 24.6 Å². The minimum Gasteiger partial charge on any atom is -0.446 e. The topological polar surface area (TPSA) is 68.5 Å². The summed E-state index contributed by atoms with van der Waals surface area (Å²) in [7, 11) is 0. The summed E-state index contributed by atoms with van der Waals surface area (Å²) in [5.41, 5.74) is 6.47. The van der Waals surface area contributed by atoms with Crippen LogP contribution in [0.4, 0.5) is 4.79 Å². The van der Waals surface area contributed by atoms with Crippen LogP contribution in [-0.2, 0) is 11.3 Å². The molecular formula is C12H17N3O2. The van der Waals surface area contributed by atoms with Crippen molar-refractivity contribution in [3.63, 3.8) is 0 Å². The van der Waals surface area contributed by atoms with Gasteiger partial charge in [0, 0.05) is 25.4 Å². The largest absolute Gasteiger partial charge is 0.446 e. The van der Waals surface area contributed by atoms with Crippen LogP contribution in [0, 0.1) is 0 Å². The van der Waals surface area contributed by atoms with Crippen molar-refractivity contribution in [3.05, 3.63) is 30.1 Å². The molecule has 0 bridgehead atoms. The molecule has 92 valence electrons. The molecule has 2 rings (SSSR count). The molecule has 1 aromatic rings. The highest BCUT2D eigenvalue weighted by Gasteiger charge is 2.26. The first-order chi connectivity index (χ1) is 8.29. The summed E-state index contributed by atoms with van der Waals surface area (Å²) in [6.07, 6.45) is 4.81. The molecule has 5 nitrogen and oxygen atoms in total. The molecule has 0 radical (unpaired) electrons. The third-order valence-electron chi connectivity index (χ3n) is 2.83. The van der Waals surface area contributed by atoms with Gasteiger partial charge in [-0.25, -0.2) is 4.79 Å².